The van der Waals surface area contributed by atoms with Crippen molar-refractivity contribution in [2.75, 3.05) is 33.4 Å². The molecule has 0 amide bonds. The van der Waals surface area contributed by atoms with E-state index in [-0.39, 0.29) is 30.0 Å². The quantitative estimate of drug-likeness (QED) is 0.338. The normalized spacial score (nSPS) is 17.8. The van der Waals surface area contributed by atoms with Crippen LogP contribution in [0.15, 0.2) is 41.5 Å². The van der Waals surface area contributed by atoms with Gasteiger partial charge in [-0.1, -0.05) is 30.3 Å². The molecular formula is C19H29IN6O2S. The van der Waals surface area contributed by atoms with Crippen LogP contribution in [0.4, 0.5) is 0 Å². The van der Waals surface area contributed by atoms with E-state index in [9.17, 15) is 8.42 Å². The van der Waals surface area contributed by atoms with Crippen LogP contribution in [0, 0.1) is 0 Å². The Bertz CT molecular complexity index is 916. The molecule has 1 aliphatic rings. The summed E-state index contributed by atoms with van der Waals surface area (Å²) in [5.74, 6) is 1.54. The second-order valence-corrected chi connectivity index (χ2v) is 9.00. The van der Waals surface area contributed by atoms with Gasteiger partial charge in [0.05, 0.1) is 24.7 Å². The first-order valence-electron chi connectivity index (χ1n) is 9.36. The molecule has 0 saturated carbocycles. The molecule has 1 fully saturated rings. The van der Waals surface area contributed by atoms with Gasteiger partial charge in [-0.2, -0.15) is 4.31 Å². The lowest BCUT2D eigenvalue weighted by Gasteiger charge is -2.26. The van der Waals surface area contributed by atoms with Crippen molar-refractivity contribution in [3.8, 4) is 11.3 Å². The van der Waals surface area contributed by atoms with Crippen LogP contribution in [0.3, 0.4) is 0 Å². The van der Waals surface area contributed by atoms with Gasteiger partial charge >= 0.3 is 0 Å². The van der Waals surface area contributed by atoms with Crippen molar-refractivity contribution in [2.45, 2.75) is 25.4 Å². The number of imidazole rings is 1. The number of rotatable bonds is 6. The summed E-state index contributed by atoms with van der Waals surface area (Å²) >= 11 is 0. The van der Waals surface area contributed by atoms with Crippen molar-refractivity contribution in [2.24, 2.45) is 4.99 Å². The monoisotopic (exact) mass is 532 g/mol. The summed E-state index contributed by atoms with van der Waals surface area (Å²) in [6, 6.07) is 10.0. The molecular weight excluding hydrogens is 503 g/mol. The van der Waals surface area contributed by atoms with E-state index in [1.807, 2.05) is 48.5 Å². The molecule has 2 aromatic rings. The Morgan fingerprint density at radius 1 is 1.38 bits per heavy atom. The highest BCUT2D eigenvalue weighted by Gasteiger charge is 2.31. The largest absolute Gasteiger partial charge is 0.355 e. The van der Waals surface area contributed by atoms with Gasteiger partial charge in [0.15, 0.2) is 5.96 Å². The zero-order valence-electron chi connectivity index (χ0n) is 17.0. The van der Waals surface area contributed by atoms with Crippen molar-refractivity contribution < 1.29 is 8.42 Å². The molecule has 1 atom stereocenters. The second-order valence-electron chi connectivity index (χ2n) is 7.06. The first-order valence-corrected chi connectivity index (χ1v) is 11.2. The van der Waals surface area contributed by atoms with E-state index in [0.29, 0.717) is 25.6 Å². The molecule has 29 heavy (non-hydrogen) atoms. The van der Waals surface area contributed by atoms with E-state index >= 15 is 0 Å². The Hall–Kier alpha value is -1.66. The van der Waals surface area contributed by atoms with Crippen molar-refractivity contribution in [3.63, 3.8) is 0 Å². The molecule has 2 N–H and O–H groups in total. The Morgan fingerprint density at radius 3 is 2.76 bits per heavy atom. The third kappa shape index (κ3) is 6.16. The number of aromatic nitrogens is 2. The summed E-state index contributed by atoms with van der Waals surface area (Å²) < 4.78 is 25.4. The fourth-order valence-corrected chi connectivity index (χ4v) is 4.73. The van der Waals surface area contributed by atoms with Gasteiger partial charge < -0.3 is 15.2 Å². The number of hydrogen-bond donors (Lipinski definition) is 2. The SMILES string of the molecule is CN=C(NC[C@H]1CCCN1S(C)(=O)=O)N(C)Cc1ncc(-c2ccccc2)[nH]1.I. The molecule has 0 spiro atoms. The maximum Gasteiger partial charge on any atom is 0.211 e. The van der Waals surface area contributed by atoms with Crippen LogP contribution in [0.25, 0.3) is 11.3 Å². The van der Waals surface area contributed by atoms with Crippen molar-refractivity contribution in [1.82, 2.24) is 24.5 Å². The minimum atomic E-state index is -3.17. The number of hydrogen-bond acceptors (Lipinski definition) is 4. The number of halogens is 1. The van der Waals surface area contributed by atoms with Crippen LogP contribution in [0.1, 0.15) is 18.7 Å². The lowest BCUT2D eigenvalue weighted by atomic mass is 10.2. The summed E-state index contributed by atoms with van der Waals surface area (Å²) in [7, 11) is 0.481. The molecule has 0 bridgehead atoms. The highest BCUT2D eigenvalue weighted by Crippen LogP contribution is 2.20. The van der Waals surface area contributed by atoms with E-state index in [1.54, 1.807) is 11.4 Å². The zero-order valence-corrected chi connectivity index (χ0v) is 20.1. The molecule has 160 valence electrons. The molecule has 0 aliphatic carbocycles. The predicted molar refractivity (Wildman–Crippen MR) is 127 cm³/mol. The lowest BCUT2D eigenvalue weighted by molar-refractivity contribution is 0.379. The fourth-order valence-electron chi connectivity index (χ4n) is 3.55. The van der Waals surface area contributed by atoms with Gasteiger partial charge in [-0.15, -0.1) is 24.0 Å². The molecule has 0 unspecified atom stereocenters. The summed E-state index contributed by atoms with van der Waals surface area (Å²) in [4.78, 5) is 14.1. The molecule has 1 aromatic heterocycles. The van der Waals surface area contributed by atoms with Gasteiger partial charge in [0.1, 0.15) is 5.82 Å². The van der Waals surface area contributed by atoms with Gasteiger partial charge in [-0.05, 0) is 18.4 Å². The smallest absolute Gasteiger partial charge is 0.211 e. The lowest BCUT2D eigenvalue weighted by Crippen LogP contribution is -2.46. The molecule has 1 saturated heterocycles. The molecule has 8 nitrogen and oxygen atoms in total. The number of H-pyrrole nitrogens is 1. The maximum absolute atomic E-state index is 11.9. The van der Waals surface area contributed by atoms with Crippen LogP contribution >= 0.6 is 24.0 Å². The van der Waals surface area contributed by atoms with E-state index in [0.717, 1.165) is 29.9 Å². The fraction of sp³-hybridized carbons (Fsp3) is 0.474. The Balaban J connectivity index is 0.00000300. The van der Waals surface area contributed by atoms with E-state index in [2.05, 4.69) is 20.3 Å². The number of aromatic amines is 1. The standard InChI is InChI=1S/C19H28N6O2S.HI/c1-20-19(22-12-16-10-7-11-25(16)28(3,26)27)24(2)14-18-21-13-17(23-18)15-8-5-4-6-9-15;/h4-6,8-9,13,16H,7,10-12,14H2,1-3H3,(H,20,22)(H,21,23);1H/t16-;/m1./s1. The van der Waals surface area contributed by atoms with Crippen molar-refractivity contribution in [1.29, 1.82) is 0 Å². The summed E-state index contributed by atoms with van der Waals surface area (Å²) in [5, 5.41) is 3.30. The average molecular weight is 532 g/mol. The number of nitrogens with one attached hydrogen (secondary N) is 2. The Labute approximate surface area is 189 Å². The van der Waals surface area contributed by atoms with E-state index in [1.165, 1.54) is 6.26 Å². The van der Waals surface area contributed by atoms with Crippen LogP contribution in [0.2, 0.25) is 0 Å². The number of nitrogens with zero attached hydrogens (tertiary/aromatic N) is 4. The van der Waals surface area contributed by atoms with Crippen LogP contribution in [0.5, 0.6) is 0 Å². The predicted octanol–water partition coefficient (Wildman–Crippen LogP) is 2.13. The average Bonchev–Trinajstić information content (AvgIpc) is 3.32. The zero-order chi connectivity index (χ0) is 20.1. The first kappa shape index (κ1) is 23.6. The molecule has 1 aromatic carbocycles. The summed E-state index contributed by atoms with van der Waals surface area (Å²) in [6.45, 7) is 1.69. The van der Waals surface area contributed by atoms with Gasteiger partial charge in [0.2, 0.25) is 10.0 Å². The summed E-state index contributed by atoms with van der Waals surface area (Å²) in [6.07, 6.45) is 4.85. The highest BCUT2D eigenvalue weighted by atomic mass is 127. The number of benzene rings is 1. The first-order chi connectivity index (χ1) is 13.4. The minimum absolute atomic E-state index is 0. The molecule has 10 heteroatoms. The molecule has 1 aliphatic heterocycles. The van der Waals surface area contributed by atoms with E-state index in [4.69, 9.17) is 0 Å². The van der Waals surface area contributed by atoms with Crippen LogP contribution in [-0.2, 0) is 16.6 Å². The van der Waals surface area contributed by atoms with Crippen LogP contribution < -0.4 is 5.32 Å². The third-order valence-electron chi connectivity index (χ3n) is 4.92. The minimum Gasteiger partial charge on any atom is -0.355 e. The molecule has 3 rings (SSSR count). The van der Waals surface area contributed by atoms with Crippen LogP contribution in [-0.4, -0.2) is 73.0 Å². The number of guanidine groups is 1. The van der Waals surface area contributed by atoms with Gasteiger partial charge in [-0.3, -0.25) is 4.99 Å². The third-order valence-corrected chi connectivity index (χ3v) is 6.25. The van der Waals surface area contributed by atoms with E-state index < -0.39 is 10.0 Å². The molecule has 0 radical (unpaired) electrons. The van der Waals surface area contributed by atoms with Gasteiger partial charge in [0.25, 0.3) is 0 Å². The number of sulfonamides is 1. The van der Waals surface area contributed by atoms with Crippen molar-refractivity contribution in [3.05, 3.63) is 42.4 Å². The summed E-state index contributed by atoms with van der Waals surface area (Å²) in [5.41, 5.74) is 2.07. The maximum atomic E-state index is 11.9. The van der Waals surface area contributed by atoms with Gasteiger partial charge in [0, 0.05) is 33.2 Å². The molecule has 2 heterocycles. The van der Waals surface area contributed by atoms with Crippen molar-refractivity contribution >= 4 is 40.0 Å². The second kappa shape index (κ2) is 10.4. The number of aliphatic imine (C=N–C) groups is 1. The van der Waals surface area contributed by atoms with Gasteiger partial charge in [-0.25, -0.2) is 13.4 Å². The Morgan fingerprint density at radius 2 is 2.10 bits per heavy atom. The highest BCUT2D eigenvalue weighted by molar-refractivity contribution is 14.0. The topological polar surface area (TPSA) is 93.7 Å². The Kier molecular flexibility index (Phi) is 8.46.